The Morgan fingerprint density at radius 3 is 2.54 bits per heavy atom. The molecule has 0 radical (unpaired) electrons. The van der Waals surface area contributed by atoms with Gasteiger partial charge in [0.05, 0.1) is 5.56 Å². The fourth-order valence-corrected chi connectivity index (χ4v) is 3.00. The third-order valence-corrected chi connectivity index (χ3v) is 4.19. The van der Waals surface area contributed by atoms with Crippen molar-refractivity contribution in [1.29, 1.82) is 0 Å². The summed E-state index contributed by atoms with van der Waals surface area (Å²) in [5.74, 6) is -0.310. The van der Waals surface area contributed by atoms with Crippen LogP contribution in [-0.2, 0) is 17.9 Å². The van der Waals surface area contributed by atoms with Gasteiger partial charge in [-0.15, -0.1) is 0 Å². The molecule has 0 aliphatic heterocycles. The minimum Gasteiger partial charge on any atom is -0.457 e. The van der Waals surface area contributed by atoms with Crippen LogP contribution >= 0.6 is 0 Å². The minimum atomic E-state index is -0.310. The molecule has 2 aromatic carbocycles. The zero-order chi connectivity index (χ0) is 16.9. The molecule has 1 heterocycles. The van der Waals surface area contributed by atoms with Crippen LogP contribution in [-0.4, -0.2) is 22.2 Å². The minimum absolute atomic E-state index is 0.125. The van der Waals surface area contributed by atoms with E-state index < -0.39 is 0 Å². The average Bonchev–Trinajstić information content (AvgIpc) is 2.90. The highest BCUT2D eigenvalue weighted by molar-refractivity contribution is 6.05. The maximum Gasteiger partial charge on any atom is 0.340 e. The van der Waals surface area contributed by atoms with Gasteiger partial charge in [-0.05, 0) is 25.0 Å². The van der Waals surface area contributed by atoms with Crippen molar-refractivity contribution in [2.45, 2.75) is 26.5 Å². The van der Waals surface area contributed by atoms with E-state index in [2.05, 4.69) is 4.57 Å². The molecular formula is C20H21NO3. The lowest BCUT2D eigenvalue weighted by atomic mass is 10.1. The Balaban J connectivity index is 1.90. The summed E-state index contributed by atoms with van der Waals surface area (Å²) in [7, 11) is 0. The summed E-state index contributed by atoms with van der Waals surface area (Å²) >= 11 is 0. The van der Waals surface area contributed by atoms with Gasteiger partial charge in [0.15, 0.2) is 0 Å². The Kier molecular flexibility index (Phi) is 4.96. The fraction of sp³-hybridized carbons (Fsp3) is 0.250. The highest BCUT2D eigenvalue weighted by Crippen LogP contribution is 2.27. The van der Waals surface area contributed by atoms with Crippen LogP contribution in [0.2, 0.25) is 0 Å². The molecule has 24 heavy (non-hydrogen) atoms. The van der Waals surface area contributed by atoms with Crippen LogP contribution in [0.4, 0.5) is 0 Å². The van der Waals surface area contributed by atoms with Crippen LogP contribution in [0.5, 0.6) is 0 Å². The molecule has 0 unspecified atom stereocenters. The number of carbonyl (C=O) groups excluding carboxylic acids is 1. The molecule has 0 spiro atoms. The number of hydrogen-bond donors (Lipinski definition) is 1. The molecule has 0 saturated heterocycles. The highest BCUT2D eigenvalue weighted by atomic mass is 16.5. The summed E-state index contributed by atoms with van der Waals surface area (Å²) in [5.41, 5.74) is 3.45. The first-order chi connectivity index (χ1) is 11.7. The molecule has 3 aromatic rings. The van der Waals surface area contributed by atoms with Gasteiger partial charge in [0, 0.05) is 29.7 Å². The number of nitrogens with zero attached hydrogens (tertiary/aromatic N) is 1. The Bertz CT molecular complexity index is 837. The van der Waals surface area contributed by atoms with E-state index >= 15 is 0 Å². The number of aliphatic hydroxyl groups excluding tert-OH is 1. The summed E-state index contributed by atoms with van der Waals surface area (Å²) in [6.07, 6.45) is 0.651. The zero-order valence-electron chi connectivity index (χ0n) is 13.7. The number of fused-ring (bicyclic) bond motifs is 1. The van der Waals surface area contributed by atoms with Crippen molar-refractivity contribution >= 4 is 16.9 Å². The smallest absolute Gasteiger partial charge is 0.340 e. The van der Waals surface area contributed by atoms with Crippen LogP contribution in [0.15, 0.2) is 54.6 Å². The molecule has 124 valence electrons. The van der Waals surface area contributed by atoms with Gasteiger partial charge in [-0.2, -0.15) is 0 Å². The summed E-state index contributed by atoms with van der Waals surface area (Å²) in [4.78, 5) is 12.7. The number of carbonyl (C=O) groups is 1. The first-order valence-corrected chi connectivity index (χ1v) is 8.12. The summed E-state index contributed by atoms with van der Waals surface area (Å²) in [6, 6.07) is 17.5. The monoisotopic (exact) mass is 323 g/mol. The molecule has 0 atom stereocenters. The second kappa shape index (κ2) is 7.32. The molecule has 0 amide bonds. The molecule has 0 aliphatic carbocycles. The number of rotatable bonds is 6. The normalized spacial score (nSPS) is 10.9. The summed E-state index contributed by atoms with van der Waals surface area (Å²) < 4.78 is 7.59. The van der Waals surface area contributed by atoms with Gasteiger partial charge in [0.1, 0.15) is 6.61 Å². The van der Waals surface area contributed by atoms with Crippen LogP contribution < -0.4 is 0 Å². The van der Waals surface area contributed by atoms with E-state index in [1.165, 1.54) is 0 Å². The average molecular weight is 323 g/mol. The number of aromatic nitrogens is 1. The number of aliphatic hydroxyl groups is 1. The maximum absolute atomic E-state index is 12.7. The van der Waals surface area contributed by atoms with Gasteiger partial charge in [0.2, 0.25) is 0 Å². The van der Waals surface area contributed by atoms with Crippen molar-refractivity contribution < 1.29 is 14.6 Å². The number of hydrogen-bond acceptors (Lipinski definition) is 3. The molecule has 3 rings (SSSR count). The molecule has 1 aromatic heterocycles. The number of ether oxygens (including phenoxy) is 1. The summed E-state index contributed by atoms with van der Waals surface area (Å²) in [6.45, 7) is 2.99. The lowest BCUT2D eigenvalue weighted by Gasteiger charge is -2.08. The SMILES string of the molecule is Cc1c(C(=O)OCc2ccccc2)c2ccccc2n1CCCO. The lowest BCUT2D eigenvalue weighted by molar-refractivity contribution is 0.0474. The van der Waals surface area contributed by atoms with Gasteiger partial charge in [-0.1, -0.05) is 48.5 Å². The van der Waals surface area contributed by atoms with E-state index in [4.69, 9.17) is 9.84 Å². The molecule has 0 fully saturated rings. The Morgan fingerprint density at radius 2 is 1.79 bits per heavy atom. The molecule has 1 N–H and O–H groups in total. The molecule has 4 nitrogen and oxygen atoms in total. The molecule has 0 aliphatic rings. The topological polar surface area (TPSA) is 51.5 Å². The second-order valence-electron chi connectivity index (χ2n) is 5.77. The van der Waals surface area contributed by atoms with E-state index in [0.29, 0.717) is 18.5 Å². The Morgan fingerprint density at radius 1 is 1.08 bits per heavy atom. The van der Waals surface area contributed by atoms with Crippen molar-refractivity contribution in [2.24, 2.45) is 0 Å². The maximum atomic E-state index is 12.7. The van der Waals surface area contributed by atoms with Crippen LogP contribution in [0.1, 0.15) is 28.0 Å². The molecular weight excluding hydrogens is 302 g/mol. The first kappa shape index (κ1) is 16.3. The van der Waals surface area contributed by atoms with Gasteiger partial charge in [0.25, 0.3) is 0 Å². The van der Waals surface area contributed by atoms with E-state index in [0.717, 1.165) is 22.2 Å². The predicted octanol–water partition coefficient (Wildman–Crippen LogP) is 3.69. The van der Waals surface area contributed by atoms with Crippen molar-refractivity contribution in [1.82, 2.24) is 4.57 Å². The number of para-hydroxylation sites is 1. The van der Waals surface area contributed by atoms with E-state index in [9.17, 15) is 4.79 Å². The van der Waals surface area contributed by atoms with Crippen LogP contribution in [0.25, 0.3) is 10.9 Å². The standard InChI is InChI=1S/C20H21NO3/c1-15-19(20(23)24-14-16-8-3-2-4-9-16)17-10-5-6-11-18(17)21(15)12-7-13-22/h2-6,8-11,22H,7,12-14H2,1H3. The van der Waals surface area contributed by atoms with E-state index in [1.54, 1.807) is 0 Å². The molecule has 4 heteroatoms. The molecule has 0 saturated carbocycles. The van der Waals surface area contributed by atoms with Crippen LogP contribution in [0, 0.1) is 6.92 Å². The zero-order valence-corrected chi connectivity index (χ0v) is 13.7. The first-order valence-electron chi connectivity index (χ1n) is 8.12. The quantitative estimate of drug-likeness (QED) is 0.704. The van der Waals surface area contributed by atoms with Gasteiger partial charge >= 0.3 is 5.97 Å². The van der Waals surface area contributed by atoms with Gasteiger partial charge < -0.3 is 14.4 Å². The highest BCUT2D eigenvalue weighted by Gasteiger charge is 2.20. The van der Waals surface area contributed by atoms with Crippen molar-refractivity contribution in [3.05, 3.63) is 71.4 Å². The number of benzene rings is 2. The van der Waals surface area contributed by atoms with Gasteiger partial charge in [-0.25, -0.2) is 4.79 Å². The largest absolute Gasteiger partial charge is 0.457 e. The Labute approximate surface area is 141 Å². The molecule has 0 bridgehead atoms. The third-order valence-electron chi connectivity index (χ3n) is 4.19. The van der Waals surface area contributed by atoms with Crippen LogP contribution in [0.3, 0.4) is 0 Å². The third kappa shape index (κ3) is 3.19. The number of esters is 1. The predicted molar refractivity (Wildman–Crippen MR) is 93.9 cm³/mol. The van der Waals surface area contributed by atoms with E-state index in [-0.39, 0.29) is 19.2 Å². The lowest BCUT2D eigenvalue weighted by Crippen LogP contribution is -2.08. The second-order valence-corrected chi connectivity index (χ2v) is 5.77. The Hall–Kier alpha value is -2.59. The fourth-order valence-electron chi connectivity index (χ4n) is 3.00. The number of aryl methyl sites for hydroxylation is 1. The summed E-state index contributed by atoms with van der Waals surface area (Å²) in [5, 5.41) is 10.0. The van der Waals surface area contributed by atoms with Crippen molar-refractivity contribution in [3.63, 3.8) is 0 Å². The van der Waals surface area contributed by atoms with Crippen molar-refractivity contribution in [3.8, 4) is 0 Å². The van der Waals surface area contributed by atoms with Crippen molar-refractivity contribution in [2.75, 3.05) is 6.61 Å². The van der Waals surface area contributed by atoms with Gasteiger partial charge in [-0.3, -0.25) is 0 Å². The van der Waals surface area contributed by atoms with E-state index in [1.807, 2.05) is 61.5 Å².